The Hall–Kier alpha value is -2.81. The molecule has 9 heteroatoms. The highest BCUT2D eigenvalue weighted by molar-refractivity contribution is 7.26. The van der Waals surface area contributed by atoms with Crippen LogP contribution in [0.2, 0.25) is 5.02 Å². The molecule has 1 aromatic carbocycles. The Morgan fingerprint density at radius 2 is 1.91 bits per heavy atom. The van der Waals surface area contributed by atoms with E-state index in [0.717, 1.165) is 66.8 Å². The Morgan fingerprint density at radius 3 is 2.71 bits per heavy atom. The molecule has 0 spiro atoms. The topological polar surface area (TPSA) is 82.6 Å². The van der Waals surface area contributed by atoms with Crippen molar-refractivity contribution in [1.29, 1.82) is 0 Å². The van der Waals surface area contributed by atoms with Crippen LogP contribution in [-0.4, -0.2) is 50.3 Å². The maximum absolute atomic E-state index is 6.85. The third kappa shape index (κ3) is 3.06. The zero-order valence-electron chi connectivity index (χ0n) is 19.3. The van der Waals surface area contributed by atoms with Crippen LogP contribution in [0, 0.1) is 6.92 Å². The van der Waals surface area contributed by atoms with E-state index in [9.17, 15) is 0 Å². The van der Waals surface area contributed by atoms with Gasteiger partial charge >= 0.3 is 0 Å². The molecule has 2 bridgehead atoms. The molecule has 0 radical (unpaired) electrons. The first-order valence-corrected chi connectivity index (χ1v) is 13.6. The first-order chi connectivity index (χ1) is 17.1. The molecule has 7 nitrogen and oxygen atoms in total. The Kier molecular flexibility index (Phi) is 4.28. The minimum Gasteiger partial charge on any atom is -0.353 e. The lowest BCUT2D eigenvalue weighted by molar-refractivity contribution is 0.464. The van der Waals surface area contributed by atoms with E-state index >= 15 is 0 Å². The number of aromatic nitrogens is 5. The Labute approximate surface area is 210 Å². The molecule has 1 saturated carbocycles. The molecule has 2 saturated heterocycles. The van der Waals surface area contributed by atoms with Gasteiger partial charge in [0.25, 0.3) is 0 Å². The molecule has 1 aliphatic carbocycles. The van der Waals surface area contributed by atoms with Crippen molar-refractivity contribution in [3.8, 4) is 11.3 Å². The lowest BCUT2D eigenvalue weighted by Gasteiger charge is -2.34. The number of nitrogens with one attached hydrogen (secondary N) is 2. The molecule has 4 aromatic heterocycles. The second-order valence-corrected chi connectivity index (χ2v) is 11.6. The molecular formula is C26H24ClN7S. The standard InChI is InChI=1S/C26H24ClN7S/c1-12-30-25(34-10-14-4-5-15(11-34)32-14)22-16-6-7-28-23(24(16)35-26(22)31-12)21-17-9-29-33-19(17)8-18(27)20(21)13-2-3-13/h6-9,13-15,32H,2-5,10-11H2,1H3,(H,29,33). The van der Waals surface area contributed by atoms with E-state index in [1.165, 1.54) is 36.6 Å². The van der Waals surface area contributed by atoms with Crippen LogP contribution in [0.3, 0.4) is 0 Å². The molecule has 6 heterocycles. The largest absolute Gasteiger partial charge is 0.353 e. The Balaban J connectivity index is 1.41. The third-order valence-corrected chi connectivity index (χ3v) is 9.23. The summed E-state index contributed by atoms with van der Waals surface area (Å²) in [6.45, 7) is 3.99. The van der Waals surface area contributed by atoms with Crippen LogP contribution in [0.5, 0.6) is 0 Å². The zero-order chi connectivity index (χ0) is 23.3. The van der Waals surface area contributed by atoms with Gasteiger partial charge in [0.2, 0.25) is 0 Å². The van der Waals surface area contributed by atoms with E-state index in [2.05, 4.69) is 26.5 Å². The number of halogens is 1. The number of thiophene rings is 1. The molecule has 3 aliphatic rings. The quantitative estimate of drug-likeness (QED) is 0.336. The van der Waals surface area contributed by atoms with Crippen LogP contribution in [0.15, 0.2) is 24.5 Å². The molecule has 2 atom stereocenters. The summed E-state index contributed by atoms with van der Waals surface area (Å²) in [6, 6.07) is 5.23. The van der Waals surface area contributed by atoms with Crippen LogP contribution in [0.25, 0.3) is 42.5 Å². The van der Waals surface area contributed by atoms with Crippen molar-refractivity contribution < 1.29 is 0 Å². The van der Waals surface area contributed by atoms with Gasteiger partial charge in [-0.15, -0.1) is 11.3 Å². The average molecular weight is 502 g/mol. The number of piperazine rings is 1. The maximum atomic E-state index is 6.85. The van der Waals surface area contributed by atoms with Crippen LogP contribution < -0.4 is 10.2 Å². The van der Waals surface area contributed by atoms with Gasteiger partial charge in [-0.2, -0.15) is 5.10 Å². The van der Waals surface area contributed by atoms with Crippen molar-refractivity contribution in [3.05, 3.63) is 40.9 Å². The molecule has 0 amide bonds. The summed E-state index contributed by atoms with van der Waals surface area (Å²) in [6.07, 6.45) is 8.65. The van der Waals surface area contributed by atoms with E-state index in [0.29, 0.717) is 18.0 Å². The van der Waals surface area contributed by atoms with Gasteiger partial charge in [-0.25, -0.2) is 9.97 Å². The van der Waals surface area contributed by atoms with E-state index in [-0.39, 0.29) is 0 Å². The lowest BCUT2D eigenvalue weighted by Crippen LogP contribution is -2.51. The predicted octanol–water partition coefficient (Wildman–Crippen LogP) is 5.56. The number of anilines is 1. The average Bonchev–Trinajstić information content (AvgIpc) is 3.30. The number of hydrogen-bond donors (Lipinski definition) is 2. The van der Waals surface area contributed by atoms with Crippen molar-refractivity contribution in [2.75, 3.05) is 18.0 Å². The predicted molar refractivity (Wildman–Crippen MR) is 142 cm³/mol. The highest BCUT2D eigenvalue weighted by Crippen LogP contribution is 2.52. The first-order valence-electron chi connectivity index (χ1n) is 12.4. The van der Waals surface area contributed by atoms with Crippen LogP contribution >= 0.6 is 22.9 Å². The van der Waals surface area contributed by atoms with Gasteiger partial charge < -0.3 is 10.2 Å². The van der Waals surface area contributed by atoms with Crippen molar-refractivity contribution in [2.45, 2.75) is 50.6 Å². The van der Waals surface area contributed by atoms with E-state index in [1.54, 1.807) is 11.3 Å². The molecule has 3 fully saturated rings. The highest BCUT2D eigenvalue weighted by Gasteiger charge is 2.35. The summed E-state index contributed by atoms with van der Waals surface area (Å²) in [7, 11) is 0. The summed E-state index contributed by atoms with van der Waals surface area (Å²) < 4.78 is 1.15. The fraction of sp³-hybridized carbons (Fsp3) is 0.385. The van der Waals surface area contributed by atoms with Crippen LogP contribution in [0.1, 0.15) is 43.0 Å². The van der Waals surface area contributed by atoms with E-state index < -0.39 is 0 Å². The second kappa shape index (κ2) is 7.35. The summed E-state index contributed by atoms with van der Waals surface area (Å²) in [5, 5.41) is 15.4. The number of nitrogens with zero attached hydrogens (tertiary/aromatic N) is 5. The van der Waals surface area contributed by atoms with Crippen LogP contribution in [-0.2, 0) is 0 Å². The van der Waals surface area contributed by atoms with Crippen LogP contribution in [0.4, 0.5) is 5.82 Å². The normalized spacial score (nSPS) is 22.2. The van der Waals surface area contributed by atoms with Crippen molar-refractivity contribution in [2.24, 2.45) is 0 Å². The fourth-order valence-electron chi connectivity index (χ4n) is 6.16. The SMILES string of the molecule is Cc1nc(N2CC3CCC(C2)N3)c2c(n1)sc1c(-c3c(C4CC4)c(Cl)cc4[nH]ncc34)nccc12. The van der Waals surface area contributed by atoms with Gasteiger partial charge in [0, 0.05) is 52.7 Å². The highest BCUT2D eigenvalue weighted by atomic mass is 35.5. The molecule has 5 aromatic rings. The minimum atomic E-state index is 0.483. The number of benzene rings is 1. The third-order valence-electron chi connectivity index (χ3n) is 7.82. The zero-order valence-corrected chi connectivity index (χ0v) is 20.9. The summed E-state index contributed by atoms with van der Waals surface area (Å²) in [5.74, 6) is 2.37. The smallest absolute Gasteiger partial charge is 0.141 e. The van der Waals surface area contributed by atoms with Gasteiger partial charge in [-0.1, -0.05) is 11.6 Å². The van der Waals surface area contributed by atoms with Gasteiger partial charge in [0.1, 0.15) is 16.5 Å². The molecule has 35 heavy (non-hydrogen) atoms. The van der Waals surface area contributed by atoms with E-state index in [1.807, 2.05) is 25.4 Å². The summed E-state index contributed by atoms with van der Waals surface area (Å²) >= 11 is 8.57. The van der Waals surface area contributed by atoms with Crippen molar-refractivity contribution in [1.82, 2.24) is 30.5 Å². The Morgan fingerprint density at radius 1 is 1.09 bits per heavy atom. The summed E-state index contributed by atoms with van der Waals surface area (Å²) in [5.41, 5.74) is 4.25. The van der Waals surface area contributed by atoms with Gasteiger partial charge in [0.15, 0.2) is 0 Å². The Bertz CT molecular complexity index is 1640. The molecule has 8 rings (SSSR count). The maximum Gasteiger partial charge on any atom is 0.141 e. The number of pyridine rings is 1. The van der Waals surface area contributed by atoms with E-state index in [4.69, 9.17) is 26.6 Å². The molecule has 176 valence electrons. The number of aryl methyl sites for hydroxylation is 1. The number of hydrogen-bond acceptors (Lipinski definition) is 7. The molecule has 2 N–H and O–H groups in total. The number of rotatable bonds is 3. The first kappa shape index (κ1) is 20.4. The molecule has 2 unspecified atom stereocenters. The minimum absolute atomic E-state index is 0.483. The summed E-state index contributed by atoms with van der Waals surface area (Å²) in [4.78, 5) is 18.3. The van der Waals surface area contributed by atoms with Gasteiger partial charge in [0.05, 0.1) is 27.5 Å². The number of fused-ring (bicyclic) bond motifs is 6. The number of aromatic amines is 1. The van der Waals surface area contributed by atoms with Gasteiger partial charge in [-0.3, -0.25) is 10.1 Å². The monoisotopic (exact) mass is 501 g/mol. The second-order valence-electron chi connectivity index (χ2n) is 10.2. The van der Waals surface area contributed by atoms with Crippen molar-refractivity contribution >= 4 is 60.0 Å². The van der Waals surface area contributed by atoms with Gasteiger partial charge in [-0.05, 0) is 56.2 Å². The molecular weight excluding hydrogens is 478 g/mol. The fourth-order valence-corrected chi connectivity index (χ4v) is 7.73. The lowest BCUT2D eigenvalue weighted by atomic mass is 9.95. The molecule has 2 aliphatic heterocycles. The number of H-pyrrole nitrogens is 1. The van der Waals surface area contributed by atoms with Crippen molar-refractivity contribution in [3.63, 3.8) is 0 Å².